The van der Waals surface area contributed by atoms with Crippen LogP contribution in [-0.2, 0) is 16.6 Å². The Morgan fingerprint density at radius 3 is 2.15 bits per heavy atom. The van der Waals surface area contributed by atoms with Gasteiger partial charge in [0.05, 0.1) is 17.1 Å². The highest BCUT2D eigenvalue weighted by atomic mass is 32.2. The van der Waals surface area contributed by atoms with E-state index in [0.29, 0.717) is 6.07 Å². The van der Waals surface area contributed by atoms with Crippen LogP contribution in [0.25, 0.3) is 0 Å². The van der Waals surface area contributed by atoms with Gasteiger partial charge < -0.3 is 0 Å². The fraction of sp³-hybridized carbons (Fsp3) is 0.100. The van der Waals surface area contributed by atoms with Crippen molar-refractivity contribution in [2.45, 2.75) is 18.4 Å². The lowest BCUT2D eigenvalue weighted by atomic mass is 10.2. The van der Waals surface area contributed by atoms with Gasteiger partial charge in [-0.3, -0.25) is 4.31 Å². The van der Waals surface area contributed by atoms with Gasteiger partial charge in [-0.25, -0.2) is 21.6 Å². The lowest BCUT2D eigenvalue weighted by Crippen LogP contribution is -2.31. The molecule has 0 N–H and O–H groups in total. The fourth-order valence-electron chi connectivity index (χ4n) is 2.59. The molecule has 0 amide bonds. The highest BCUT2D eigenvalue weighted by molar-refractivity contribution is 7.92. The summed E-state index contributed by atoms with van der Waals surface area (Å²) in [6, 6.07) is 14.0. The lowest BCUT2D eigenvalue weighted by molar-refractivity contribution is 0.569. The fourth-order valence-corrected chi connectivity index (χ4v) is 4.02. The van der Waals surface area contributed by atoms with Gasteiger partial charge in [-0.05, 0) is 43.3 Å². The minimum absolute atomic E-state index is 0.0140. The van der Waals surface area contributed by atoms with E-state index in [9.17, 15) is 21.6 Å². The van der Waals surface area contributed by atoms with Crippen molar-refractivity contribution in [2.24, 2.45) is 0 Å². The first-order valence-electron chi connectivity index (χ1n) is 8.06. The third-order valence-corrected chi connectivity index (χ3v) is 5.82. The number of hydrogen-bond acceptors (Lipinski definition) is 2. The molecule has 3 aromatic rings. The predicted octanol–water partition coefficient (Wildman–Crippen LogP) is 4.81. The van der Waals surface area contributed by atoms with Crippen LogP contribution in [0.4, 0.5) is 18.9 Å². The van der Waals surface area contributed by atoms with E-state index in [4.69, 9.17) is 0 Å². The molecule has 0 heterocycles. The van der Waals surface area contributed by atoms with Crippen molar-refractivity contribution in [1.82, 2.24) is 0 Å². The van der Waals surface area contributed by atoms with Crippen LogP contribution in [0.1, 0.15) is 11.1 Å². The molecule has 140 valence electrons. The molecule has 3 aromatic carbocycles. The van der Waals surface area contributed by atoms with E-state index < -0.39 is 34.0 Å². The Bertz CT molecular complexity index is 1070. The highest BCUT2D eigenvalue weighted by Crippen LogP contribution is 2.27. The molecule has 0 unspecified atom stereocenters. The molecule has 0 aliphatic rings. The van der Waals surface area contributed by atoms with Gasteiger partial charge in [-0.2, -0.15) is 0 Å². The van der Waals surface area contributed by atoms with E-state index >= 15 is 0 Å². The van der Waals surface area contributed by atoms with Crippen LogP contribution in [0.2, 0.25) is 0 Å². The number of hydrogen-bond donors (Lipinski definition) is 0. The third kappa shape index (κ3) is 4.14. The van der Waals surface area contributed by atoms with E-state index in [0.717, 1.165) is 22.0 Å². The number of nitrogens with zero attached hydrogens (tertiary/aromatic N) is 1. The molecule has 3 nitrogen and oxygen atoms in total. The number of halogens is 3. The number of anilines is 1. The van der Waals surface area contributed by atoms with Crippen molar-refractivity contribution in [3.63, 3.8) is 0 Å². The van der Waals surface area contributed by atoms with E-state index in [1.807, 2.05) is 6.92 Å². The maximum atomic E-state index is 14.1. The molecule has 0 aliphatic heterocycles. The first kappa shape index (κ1) is 19.0. The summed E-state index contributed by atoms with van der Waals surface area (Å²) >= 11 is 0. The molecule has 0 saturated carbocycles. The van der Waals surface area contributed by atoms with Crippen molar-refractivity contribution in [1.29, 1.82) is 0 Å². The van der Waals surface area contributed by atoms with Crippen LogP contribution in [-0.4, -0.2) is 8.42 Å². The topological polar surface area (TPSA) is 37.4 Å². The van der Waals surface area contributed by atoms with Crippen LogP contribution in [0.3, 0.4) is 0 Å². The summed E-state index contributed by atoms with van der Waals surface area (Å²) in [7, 11) is -4.11. The van der Waals surface area contributed by atoms with E-state index in [2.05, 4.69) is 0 Å². The second-order valence-electron chi connectivity index (χ2n) is 6.04. The van der Waals surface area contributed by atoms with Gasteiger partial charge in [-0.1, -0.05) is 29.8 Å². The zero-order chi connectivity index (χ0) is 19.6. The molecule has 7 heteroatoms. The largest absolute Gasteiger partial charge is 0.264 e. The van der Waals surface area contributed by atoms with Crippen LogP contribution in [0, 0.1) is 24.4 Å². The summed E-state index contributed by atoms with van der Waals surface area (Å²) in [4.78, 5) is -0.0140. The molecule has 0 radical (unpaired) electrons. The highest BCUT2D eigenvalue weighted by Gasteiger charge is 2.26. The molecular formula is C20H16F3NO2S. The van der Waals surface area contributed by atoms with Gasteiger partial charge in [0.2, 0.25) is 0 Å². The molecule has 0 saturated heterocycles. The van der Waals surface area contributed by atoms with Crippen LogP contribution >= 0.6 is 0 Å². The lowest BCUT2D eigenvalue weighted by Gasteiger charge is -2.25. The van der Waals surface area contributed by atoms with E-state index in [1.165, 1.54) is 36.4 Å². The van der Waals surface area contributed by atoms with Gasteiger partial charge in [0.15, 0.2) is 0 Å². The van der Waals surface area contributed by atoms with Crippen LogP contribution in [0.5, 0.6) is 0 Å². The summed E-state index contributed by atoms with van der Waals surface area (Å²) < 4.78 is 68.2. The average molecular weight is 391 g/mol. The molecule has 0 spiro atoms. The van der Waals surface area contributed by atoms with Crippen molar-refractivity contribution in [3.05, 3.63) is 95.3 Å². The maximum absolute atomic E-state index is 14.1. The monoisotopic (exact) mass is 391 g/mol. The van der Waals surface area contributed by atoms with Crippen molar-refractivity contribution in [3.8, 4) is 0 Å². The average Bonchev–Trinajstić information content (AvgIpc) is 2.61. The van der Waals surface area contributed by atoms with Gasteiger partial charge in [0.1, 0.15) is 17.5 Å². The minimum atomic E-state index is -4.11. The van der Waals surface area contributed by atoms with E-state index in [1.54, 1.807) is 12.1 Å². The summed E-state index contributed by atoms with van der Waals surface area (Å²) in [5, 5.41) is 0. The molecule has 0 fully saturated rings. The molecular weight excluding hydrogens is 375 g/mol. The zero-order valence-electron chi connectivity index (χ0n) is 14.4. The summed E-state index contributed by atoms with van der Waals surface area (Å²) in [5.41, 5.74) is 0.881. The standard InChI is InChI=1S/C20H16F3NO2S/c1-14-5-9-19(10-6-14)27(25,26)24(18-4-2-3-16(21)11-18)13-15-7-8-17(22)12-20(15)23/h2-12H,13H2,1H3. The first-order chi connectivity index (χ1) is 12.8. The second-order valence-corrected chi connectivity index (χ2v) is 7.90. The summed E-state index contributed by atoms with van der Waals surface area (Å²) in [6.45, 7) is 1.40. The molecule has 0 atom stereocenters. The van der Waals surface area contributed by atoms with Gasteiger partial charge >= 0.3 is 0 Å². The smallest absolute Gasteiger partial charge is 0.262 e. The Morgan fingerprint density at radius 1 is 0.852 bits per heavy atom. The molecule has 0 bridgehead atoms. The van der Waals surface area contributed by atoms with Crippen molar-refractivity contribution in [2.75, 3.05) is 4.31 Å². The van der Waals surface area contributed by atoms with Crippen molar-refractivity contribution < 1.29 is 21.6 Å². The third-order valence-electron chi connectivity index (χ3n) is 4.03. The molecule has 3 rings (SSSR count). The number of rotatable bonds is 5. The number of sulfonamides is 1. The number of aryl methyl sites for hydroxylation is 1. The Labute approximate surface area is 155 Å². The quantitative estimate of drug-likeness (QED) is 0.626. The Kier molecular flexibility index (Phi) is 5.23. The van der Waals surface area contributed by atoms with Crippen LogP contribution < -0.4 is 4.31 Å². The SMILES string of the molecule is Cc1ccc(S(=O)(=O)N(Cc2ccc(F)cc2F)c2cccc(F)c2)cc1. The van der Waals surface area contributed by atoms with Gasteiger partial charge in [0.25, 0.3) is 10.0 Å². The second kappa shape index (κ2) is 7.44. The molecule has 27 heavy (non-hydrogen) atoms. The van der Waals surface area contributed by atoms with E-state index in [-0.39, 0.29) is 16.1 Å². The minimum Gasteiger partial charge on any atom is -0.262 e. The zero-order valence-corrected chi connectivity index (χ0v) is 15.2. The Morgan fingerprint density at radius 2 is 1.52 bits per heavy atom. The first-order valence-corrected chi connectivity index (χ1v) is 9.50. The predicted molar refractivity (Wildman–Crippen MR) is 97.3 cm³/mol. The van der Waals surface area contributed by atoms with Crippen molar-refractivity contribution >= 4 is 15.7 Å². The molecule has 0 aliphatic carbocycles. The summed E-state index contributed by atoms with van der Waals surface area (Å²) in [6.07, 6.45) is 0. The maximum Gasteiger partial charge on any atom is 0.264 e. The Hall–Kier alpha value is -2.80. The Balaban J connectivity index is 2.11. The molecule has 0 aromatic heterocycles. The number of benzene rings is 3. The summed E-state index contributed by atoms with van der Waals surface area (Å²) in [5.74, 6) is -2.28. The van der Waals surface area contributed by atoms with Gasteiger partial charge in [0, 0.05) is 11.6 Å². The van der Waals surface area contributed by atoms with Crippen LogP contribution in [0.15, 0.2) is 71.6 Å². The normalized spacial score (nSPS) is 11.4. The van der Waals surface area contributed by atoms with Gasteiger partial charge in [-0.15, -0.1) is 0 Å².